The van der Waals surface area contributed by atoms with Gasteiger partial charge in [0.25, 0.3) is 0 Å². The maximum absolute atomic E-state index is 13.5. The molecule has 1 aromatic heterocycles. The fourth-order valence-corrected chi connectivity index (χ4v) is 2.22. The number of nitrogens with zero attached hydrogens (tertiary/aromatic N) is 1. The van der Waals surface area contributed by atoms with Crippen molar-refractivity contribution in [1.29, 1.82) is 0 Å². The Bertz CT molecular complexity index is 577. The number of aromatic nitrogens is 1. The second kappa shape index (κ2) is 5.16. The Kier molecular flexibility index (Phi) is 3.75. The first kappa shape index (κ1) is 13.8. The van der Waals surface area contributed by atoms with Gasteiger partial charge in [-0.15, -0.1) is 11.3 Å². The Morgan fingerprint density at radius 2 is 2.05 bits per heavy atom. The lowest BCUT2D eigenvalue weighted by Gasteiger charge is -2.10. The zero-order valence-electron chi connectivity index (χ0n) is 9.88. The van der Waals surface area contributed by atoms with Gasteiger partial charge in [0.15, 0.2) is 0 Å². The molecule has 1 aromatic carbocycles. The summed E-state index contributed by atoms with van der Waals surface area (Å²) in [6.07, 6.45) is -2.85. The van der Waals surface area contributed by atoms with Crippen LogP contribution >= 0.6 is 11.3 Å². The van der Waals surface area contributed by atoms with E-state index in [1.54, 1.807) is 6.20 Å². The lowest BCUT2D eigenvalue weighted by Crippen LogP contribution is -2.07. The highest BCUT2D eigenvalue weighted by atomic mass is 32.1. The van der Waals surface area contributed by atoms with Crippen molar-refractivity contribution >= 4 is 17.0 Å². The number of anilines is 1. The maximum atomic E-state index is 13.5. The van der Waals surface area contributed by atoms with Gasteiger partial charge in [-0.2, -0.15) is 13.2 Å². The summed E-state index contributed by atoms with van der Waals surface area (Å²) in [7, 11) is 0. The van der Waals surface area contributed by atoms with Crippen LogP contribution in [0, 0.1) is 12.7 Å². The minimum absolute atomic E-state index is 0.0286. The monoisotopic (exact) mass is 290 g/mol. The van der Waals surface area contributed by atoms with E-state index in [1.165, 1.54) is 11.3 Å². The van der Waals surface area contributed by atoms with Gasteiger partial charge >= 0.3 is 6.18 Å². The normalized spacial score (nSPS) is 11.6. The molecule has 0 aliphatic heterocycles. The molecule has 7 heteroatoms. The Hall–Kier alpha value is -1.63. The van der Waals surface area contributed by atoms with Crippen molar-refractivity contribution < 1.29 is 17.6 Å². The molecule has 0 bridgehead atoms. The molecule has 102 valence electrons. The summed E-state index contributed by atoms with van der Waals surface area (Å²) < 4.78 is 50.6. The SMILES string of the molecule is Cc1cnc(CNc2ccc(C(F)(F)F)cc2F)s1. The van der Waals surface area contributed by atoms with Crippen molar-refractivity contribution in [2.75, 3.05) is 5.32 Å². The molecule has 0 amide bonds. The molecule has 1 heterocycles. The lowest BCUT2D eigenvalue weighted by molar-refractivity contribution is -0.137. The first-order chi connectivity index (χ1) is 8.86. The van der Waals surface area contributed by atoms with Crippen LogP contribution in [0.1, 0.15) is 15.4 Å². The van der Waals surface area contributed by atoms with E-state index < -0.39 is 17.6 Å². The third-order valence-electron chi connectivity index (χ3n) is 2.40. The summed E-state index contributed by atoms with van der Waals surface area (Å²) in [5, 5.41) is 3.47. The Balaban J connectivity index is 2.09. The molecule has 0 fully saturated rings. The van der Waals surface area contributed by atoms with Crippen molar-refractivity contribution in [2.24, 2.45) is 0 Å². The number of nitrogens with one attached hydrogen (secondary N) is 1. The molecule has 0 spiro atoms. The van der Waals surface area contributed by atoms with Crippen molar-refractivity contribution in [2.45, 2.75) is 19.6 Å². The van der Waals surface area contributed by atoms with Crippen molar-refractivity contribution in [1.82, 2.24) is 4.98 Å². The molecule has 0 aliphatic rings. The summed E-state index contributed by atoms with van der Waals surface area (Å²) in [5.74, 6) is -0.928. The molecule has 0 aliphatic carbocycles. The van der Waals surface area contributed by atoms with Gasteiger partial charge < -0.3 is 5.32 Å². The molecule has 0 radical (unpaired) electrons. The standard InChI is InChI=1S/C12H10F4N2S/c1-7-5-18-11(19-7)6-17-10-3-2-8(4-9(10)13)12(14,15)16/h2-5,17H,6H2,1H3. The van der Waals surface area contributed by atoms with Crippen molar-refractivity contribution in [3.05, 3.63) is 45.7 Å². The van der Waals surface area contributed by atoms with E-state index in [0.29, 0.717) is 6.07 Å². The van der Waals surface area contributed by atoms with Gasteiger partial charge in [0, 0.05) is 11.1 Å². The average Bonchev–Trinajstić information content (AvgIpc) is 2.72. The second-order valence-electron chi connectivity index (χ2n) is 3.91. The topological polar surface area (TPSA) is 24.9 Å². The fraction of sp³-hybridized carbons (Fsp3) is 0.250. The van der Waals surface area contributed by atoms with E-state index in [1.807, 2.05) is 6.92 Å². The Morgan fingerprint density at radius 1 is 1.32 bits per heavy atom. The van der Waals surface area contributed by atoms with Gasteiger partial charge in [-0.25, -0.2) is 9.37 Å². The highest BCUT2D eigenvalue weighted by Crippen LogP contribution is 2.31. The number of hydrogen-bond donors (Lipinski definition) is 1. The predicted octanol–water partition coefficient (Wildman–Crippen LogP) is 4.22. The van der Waals surface area contributed by atoms with Crippen LogP contribution in [0.3, 0.4) is 0 Å². The van der Waals surface area contributed by atoms with Crippen LogP contribution in [0.15, 0.2) is 24.4 Å². The van der Waals surface area contributed by atoms with Crippen LogP contribution in [0.4, 0.5) is 23.2 Å². The smallest absolute Gasteiger partial charge is 0.376 e. The molecule has 0 atom stereocenters. The number of benzene rings is 1. The van der Waals surface area contributed by atoms with Gasteiger partial charge in [-0.05, 0) is 25.1 Å². The summed E-state index contributed by atoms with van der Waals surface area (Å²) in [5.41, 5.74) is -0.971. The molecular formula is C12H10F4N2S. The fourth-order valence-electron chi connectivity index (χ4n) is 1.49. The van der Waals surface area contributed by atoms with E-state index in [9.17, 15) is 17.6 Å². The number of aryl methyl sites for hydroxylation is 1. The number of rotatable bonds is 3. The number of hydrogen-bond acceptors (Lipinski definition) is 3. The highest BCUT2D eigenvalue weighted by Gasteiger charge is 2.31. The van der Waals surface area contributed by atoms with E-state index in [0.717, 1.165) is 22.0 Å². The van der Waals surface area contributed by atoms with Gasteiger partial charge in [0.2, 0.25) is 0 Å². The van der Waals surface area contributed by atoms with Crippen LogP contribution in [0.5, 0.6) is 0 Å². The molecule has 0 saturated heterocycles. The largest absolute Gasteiger partial charge is 0.416 e. The van der Waals surface area contributed by atoms with E-state index in [4.69, 9.17) is 0 Å². The lowest BCUT2D eigenvalue weighted by atomic mass is 10.2. The molecule has 0 unspecified atom stereocenters. The summed E-state index contributed by atoms with van der Waals surface area (Å²) in [4.78, 5) is 5.09. The summed E-state index contributed by atoms with van der Waals surface area (Å²) in [6, 6.07) is 2.41. The summed E-state index contributed by atoms with van der Waals surface area (Å²) >= 11 is 1.44. The Morgan fingerprint density at radius 3 is 2.58 bits per heavy atom. The van der Waals surface area contributed by atoms with Gasteiger partial charge in [-0.1, -0.05) is 0 Å². The maximum Gasteiger partial charge on any atom is 0.416 e. The third-order valence-corrected chi connectivity index (χ3v) is 3.31. The molecule has 1 N–H and O–H groups in total. The molecule has 2 rings (SSSR count). The van der Waals surface area contributed by atoms with Crippen LogP contribution in [0.2, 0.25) is 0 Å². The Labute approximate surface area is 111 Å². The van der Waals surface area contributed by atoms with E-state index in [-0.39, 0.29) is 12.2 Å². The van der Waals surface area contributed by atoms with Crippen LogP contribution in [-0.4, -0.2) is 4.98 Å². The first-order valence-electron chi connectivity index (χ1n) is 5.38. The minimum Gasteiger partial charge on any atom is -0.376 e. The van der Waals surface area contributed by atoms with Gasteiger partial charge in [0.1, 0.15) is 10.8 Å². The molecular weight excluding hydrogens is 280 g/mol. The van der Waals surface area contributed by atoms with Crippen LogP contribution in [-0.2, 0) is 12.7 Å². The quantitative estimate of drug-likeness (QED) is 0.856. The highest BCUT2D eigenvalue weighted by molar-refractivity contribution is 7.11. The third kappa shape index (κ3) is 3.44. The van der Waals surface area contributed by atoms with Crippen LogP contribution < -0.4 is 5.32 Å². The number of thiazole rings is 1. The predicted molar refractivity (Wildman–Crippen MR) is 65.6 cm³/mol. The minimum atomic E-state index is -4.54. The number of alkyl halides is 3. The summed E-state index contributed by atoms with van der Waals surface area (Å²) in [6.45, 7) is 2.17. The molecule has 0 saturated carbocycles. The second-order valence-corrected chi connectivity index (χ2v) is 5.23. The van der Waals surface area contributed by atoms with Crippen molar-refractivity contribution in [3.8, 4) is 0 Å². The van der Waals surface area contributed by atoms with E-state index >= 15 is 0 Å². The zero-order valence-corrected chi connectivity index (χ0v) is 10.7. The number of halogens is 4. The van der Waals surface area contributed by atoms with E-state index in [2.05, 4.69) is 10.3 Å². The van der Waals surface area contributed by atoms with Crippen LogP contribution in [0.25, 0.3) is 0 Å². The zero-order chi connectivity index (χ0) is 14.0. The first-order valence-corrected chi connectivity index (χ1v) is 6.20. The average molecular weight is 290 g/mol. The van der Waals surface area contributed by atoms with Gasteiger partial charge in [-0.3, -0.25) is 0 Å². The molecule has 19 heavy (non-hydrogen) atoms. The van der Waals surface area contributed by atoms with Crippen molar-refractivity contribution in [3.63, 3.8) is 0 Å². The molecule has 2 nitrogen and oxygen atoms in total. The molecule has 2 aromatic rings. The van der Waals surface area contributed by atoms with Gasteiger partial charge in [0.05, 0.1) is 17.8 Å².